The molecule has 0 atom stereocenters. The molecule has 0 spiro atoms. The van der Waals surface area contributed by atoms with Crippen LogP contribution in [0.25, 0.3) is 0 Å². The molecule has 0 radical (unpaired) electrons. The Labute approximate surface area is 127 Å². The van der Waals surface area contributed by atoms with Crippen LogP contribution in [0.5, 0.6) is 0 Å². The molecule has 2 aromatic carbocycles. The van der Waals surface area contributed by atoms with Crippen LogP contribution in [0.2, 0.25) is 0 Å². The third kappa shape index (κ3) is 4.22. The summed E-state index contributed by atoms with van der Waals surface area (Å²) in [5.41, 5.74) is 0.418. The third-order valence-electron chi connectivity index (χ3n) is 2.58. The van der Waals surface area contributed by atoms with E-state index in [9.17, 15) is 18.0 Å². The summed E-state index contributed by atoms with van der Waals surface area (Å²) in [4.78, 5) is 11.7. The molecule has 0 aliphatic rings. The first-order valence-corrected chi connectivity index (χ1v) is 6.69. The number of hydrogen-bond acceptors (Lipinski definition) is 2. The van der Waals surface area contributed by atoms with Crippen molar-refractivity contribution in [2.45, 2.75) is 0 Å². The second kappa shape index (κ2) is 6.62. The molecule has 21 heavy (non-hydrogen) atoms. The second-order valence-electron chi connectivity index (χ2n) is 4.15. The van der Waals surface area contributed by atoms with Gasteiger partial charge in [-0.1, -0.05) is 0 Å². The number of amides is 1. The maximum Gasteiger partial charge on any atom is 0.243 e. The van der Waals surface area contributed by atoms with Gasteiger partial charge in [-0.05, 0) is 46.3 Å². The van der Waals surface area contributed by atoms with Crippen molar-refractivity contribution in [2.24, 2.45) is 0 Å². The highest BCUT2D eigenvalue weighted by Gasteiger charge is 2.09. The van der Waals surface area contributed by atoms with Crippen molar-refractivity contribution in [1.82, 2.24) is 0 Å². The number of rotatable bonds is 4. The molecule has 3 nitrogen and oxygen atoms in total. The normalized spacial score (nSPS) is 10.3. The summed E-state index contributed by atoms with van der Waals surface area (Å²) >= 11 is 2.93. The minimum atomic E-state index is -0.801. The number of nitrogens with one attached hydrogen (secondary N) is 2. The van der Waals surface area contributed by atoms with Crippen molar-refractivity contribution in [3.63, 3.8) is 0 Å². The summed E-state index contributed by atoms with van der Waals surface area (Å²) in [5, 5.41) is 5.06. The first kappa shape index (κ1) is 15.4. The van der Waals surface area contributed by atoms with Crippen molar-refractivity contribution in [1.29, 1.82) is 0 Å². The van der Waals surface area contributed by atoms with Crippen molar-refractivity contribution in [3.8, 4) is 0 Å². The van der Waals surface area contributed by atoms with Crippen molar-refractivity contribution in [3.05, 3.63) is 58.3 Å². The van der Waals surface area contributed by atoms with Crippen molar-refractivity contribution < 1.29 is 18.0 Å². The monoisotopic (exact) mass is 358 g/mol. The summed E-state index contributed by atoms with van der Waals surface area (Å²) in [6.07, 6.45) is 0. The molecule has 0 unspecified atom stereocenters. The van der Waals surface area contributed by atoms with Gasteiger partial charge in [-0.3, -0.25) is 4.79 Å². The quantitative estimate of drug-likeness (QED) is 0.813. The molecule has 2 aromatic rings. The first-order chi connectivity index (χ1) is 9.95. The second-order valence-corrected chi connectivity index (χ2v) is 5.01. The van der Waals surface area contributed by atoms with Crippen LogP contribution in [0.3, 0.4) is 0 Å². The van der Waals surface area contributed by atoms with Gasteiger partial charge in [0, 0.05) is 11.8 Å². The van der Waals surface area contributed by atoms with Crippen LogP contribution in [-0.4, -0.2) is 12.5 Å². The lowest BCUT2D eigenvalue weighted by Gasteiger charge is -2.09. The zero-order valence-corrected chi connectivity index (χ0v) is 12.2. The van der Waals surface area contributed by atoms with Crippen LogP contribution in [-0.2, 0) is 4.79 Å². The van der Waals surface area contributed by atoms with Gasteiger partial charge in [0.15, 0.2) is 0 Å². The number of benzene rings is 2. The molecule has 2 N–H and O–H groups in total. The Balaban J connectivity index is 1.95. The standard InChI is InChI=1S/C14H10BrF3N2O/c15-10-5-13(12(18)6-11(10)17)19-7-14(21)20-9-3-1-8(16)2-4-9/h1-6,19H,7H2,(H,20,21). The summed E-state index contributed by atoms with van der Waals surface area (Å²) in [6.45, 7) is -0.216. The number of carbonyl (C=O) groups excluding carboxylic acids is 1. The number of carbonyl (C=O) groups is 1. The van der Waals surface area contributed by atoms with E-state index in [0.717, 1.165) is 0 Å². The molecular weight excluding hydrogens is 349 g/mol. The van der Waals surface area contributed by atoms with Crippen molar-refractivity contribution >= 4 is 33.2 Å². The SMILES string of the molecule is O=C(CNc1cc(Br)c(F)cc1F)Nc1ccc(F)cc1. The van der Waals surface area contributed by atoms with Gasteiger partial charge in [0.1, 0.15) is 17.5 Å². The summed E-state index contributed by atoms with van der Waals surface area (Å²) < 4.78 is 39.3. The molecule has 0 bridgehead atoms. The van der Waals surface area contributed by atoms with Crippen LogP contribution < -0.4 is 10.6 Å². The van der Waals surface area contributed by atoms with Crippen LogP contribution >= 0.6 is 15.9 Å². The van der Waals surface area contributed by atoms with Crippen LogP contribution in [0, 0.1) is 17.5 Å². The van der Waals surface area contributed by atoms with Crippen LogP contribution in [0.4, 0.5) is 24.5 Å². The average molecular weight is 359 g/mol. The van der Waals surface area contributed by atoms with Crippen LogP contribution in [0.1, 0.15) is 0 Å². The molecule has 0 aliphatic heterocycles. The predicted molar refractivity (Wildman–Crippen MR) is 77.6 cm³/mol. The molecule has 0 saturated heterocycles. The average Bonchev–Trinajstić information content (AvgIpc) is 2.44. The topological polar surface area (TPSA) is 41.1 Å². The molecule has 2 rings (SSSR count). The Morgan fingerprint density at radius 3 is 2.38 bits per heavy atom. The van der Waals surface area contributed by atoms with E-state index >= 15 is 0 Å². The Hall–Kier alpha value is -2.02. The Bertz CT molecular complexity index is 662. The van der Waals surface area contributed by atoms with Gasteiger partial charge in [-0.2, -0.15) is 0 Å². The van der Waals surface area contributed by atoms with Crippen molar-refractivity contribution in [2.75, 3.05) is 17.2 Å². The van der Waals surface area contributed by atoms with E-state index in [0.29, 0.717) is 11.8 Å². The van der Waals surface area contributed by atoms with Gasteiger partial charge in [-0.25, -0.2) is 13.2 Å². The maximum atomic E-state index is 13.5. The largest absolute Gasteiger partial charge is 0.374 e. The minimum Gasteiger partial charge on any atom is -0.374 e. The van der Waals surface area contributed by atoms with Gasteiger partial charge >= 0.3 is 0 Å². The zero-order chi connectivity index (χ0) is 15.4. The molecular formula is C14H10BrF3N2O. The van der Waals surface area contributed by atoms with Gasteiger partial charge in [0.25, 0.3) is 0 Å². The maximum absolute atomic E-state index is 13.5. The lowest BCUT2D eigenvalue weighted by molar-refractivity contribution is -0.114. The minimum absolute atomic E-state index is 0.00229. The summed E-state index contributed by atoms with van der Waals surface area (Å²) in [5.74, 6) is -2.38. The van der Waals surface area contributed by atoms with E-state index in [1.165, 1.54) is 30.3 Å². The number of hydrogen-bond donors (Lipinski definition) is 2. The third-order valence-corrected chi connectivity index (χ3v) is 3.19. The summed E-state index contributed by atoms with van der Waals surface area (Å²) in [7, 11) is 0. The van der Waals surface area contributed by atoms with E-state index in [-0.39, 0.29) is 16.7 Å². The lowest BCUT2D eigenvalue weighted by Crippen LogP contribution is -2.22. The number of halogens is 4. The Morgan fingerprint density at radius 1 is 1.05 bits per heavy atom. The lowest BCUT2D eigenvalue weighted by atomic mass is 10.3. The fourth-order valence-corrected chi connectivity index (χ4v) is 1.92. The van der Waals surface area contributed by atoms with Gasteiger partial charge in [0.05, 0.1) is 16.7 Å². The molecule has 0 aromatic heterocycles. The molecule has 0 fully saturated rings. The molecule has 0 aliphatic carbocycles. The smallest absolute Gasteiger partial charge is 0.243 e. The van der Waals surface area contributed by atoms with E-state index in [1.807, 2.05) is 0 Å². The fraction of sp³-hybridized carbons (Fsp3) is 0.0714. The first-order valence-electron chi connectivity index (χ1n) is 5.89. The van der Waals surface area contributed by atoms with Gasteiger partial charge in [0.2, 0.25) is 5.91 Å². The number of anilines is 2. The molecule has 0 saturated carbocycles. The fourth-order valence-electron chi connectivity index (χ4n) is 1.57. The van der Waals surface area contributed by atoms with E-state index in [4.69, 9.17) is 0 Å². The van der Waals surface area contributed by atoms with Crippen LogP contribution in [0.15, 0.2) is 40.9 Å². The highest BCUT2D eigenvalue weighted by molar-refractivity contribution is 9.10. The van der Waals surface area contributed by atoms with E-state index < -0.39 is 23.4 Å². The summed E-state index contributed by atoms with van der Waals surface area (Å²) in [6, 6.07) is 7.14. The highest BCUT2D eigenvalue weighted by Crippen LogP contribution is 2.23. The Morgan fingerprint density at radius 2 is 1.71 bits per heavy atom. The molecule has 7 heteroatoms. The van der Waals surface area contributed by atoms with E-state index in [2.05, 4.69) is 26.6 Å². The molecule has 110 valence electrons. The Kier molecular flexibility index (Phi) is 4.85. The molecule has 1 amide bonds. The van der Waals surface area contributed by atoms with Gasteiger partial charge in [-0.15, -0.1) is 0 Å². The predicted octanol–water partition coefficient (Wildman–Crippen LogP) is 3.92. The highest BCUT2D eigenvalue weighted by atomic mass is 79.9. The molecule has 0 heterocycles. The van der Waals surface area contributed by atoms with Gasteiger partial charge < -0.3 is 10.6 Å². The van der Waals surface area contributed by atoms with E-state index in [1.54, 1.807) is 0 Å². The zero-order valence-electron chi connectivity index (χ0n) is 10.6.